The molecule has 1 saturated carbocycles. The lowest BCUT2D eigenvalue weighted by Crippen LogP contribution is -2.57. The number of rotatable bonds is 7. The molecule has 1 aliphatic heterocycles. The molecular formula is C25H39N3O2. The molecular weight excluding hydrogens is 374 g/mol. The highest BCUT2D eigenvalue weighted by Gasteiger charge is 2.37. The van der Waals surface area contributed by atoms with E-state index in [1.807, 2.05) is 17.0 Å². The maximum Gasteiger partial charge on any atom is 0.242 e. The van der Waals surface area contributed by atoms with Crippen LogP contribution in [0.1, 0.15) is 71.3 Å². The van der Waals surface area contributed by atoms with Crippen LogP contribution in [0.3, 0.4) is 0 Å². The average Bonchev–Trinajstić information content (AvgIpc) is 3.22. The Balaban J connectivity index is 1.65. The quantitative estimate of drug-likeness (QED) is 0.716. The Labute approximate surface area is 182 Å². The summed E-state index contributed by atoms with van der Waals surface area (Å²) in [5.41, 5.74) is 2.15. The molecule has 0 radical (unpaired) electrons. The van der Waals surface area contributed by atoms with Gasteiger partial charge in [0.1, 0.15) is 0 Å². The second-order valence-corrected chi connectivity index (χ2v) is 9.77. The minimum Gasteiger partial charge on any atom is -0.340 e. The molecule has 1 saturated heterocycles. The molecule has 2 aliphatic rings. The van der Waals surface area contributed by atoms with Gasteiger partial charge in [-0.25, -0.2) is 0 Å². The molecule has 1 heterocycles. The fourth-order valence-electron chi connectivity index (χ4n) is 4.85. The number of carbonyl (C=O) groups excluding carboxylic acids is 2. The number of nitrogens with one attached hydrogen (secondary N) is 1. The van der Waals surface area contributed by atoms with Crippen LogP contribution < -0.4 is 5.32 Å². The molecule has 0 spiro atoms. The minimum atomic E-state index is -0.0976. The largest absolute Gasteiger partial charge is 0.340 e. The Hall–Kier alpha value is -1.88. The maximum absolute atomic E-state index is 13.3. The summed E-state index contributed by atoms with van der Waals surface area (Å²) in [7, 11) is 0. The summed E-state index contributed by atoms with van der Waals surface area (Å²) >= 11 is 0. The molecule has 30 heavy (non-hydrogen) atoms. The summed E-state index contributed by atoms with van der Waals surface area (Å²) in [6.45, 7) is 11.5. The lowest BCUT2D eigenvalue weighted by atomic mass is 9.94. The van der Waals surface area contributed by atoms with E-state index >= 15 is 0 Å². The summed E-state index contributed by atoms with van der Waals surface area (Å²) in [4.78, 5) is 30.1. The van der Waals surface area contributed by atoms with Crippen molar-refractivity contribution in [3.8, 4) is 0 Å². The van der Waals surface area contributed by atoms with Gasteiger partial charge in [-0.3, -0.25) is 14.5 Å². The van der Waals surface area contributed by atoms with Crippen LogP contribution in [0, 0.1) is 11.8 Å². The molecule has 1 aromatic rings. The van der Waals surface area contributed by atoms with Crippen molar-refractivity contribution in [1.82, 2.24) is 9.80 Å². The number of anilines is 1. The highest BCUT2D eigenvalue weighted by atomic mass is 16.2. The molecule has 3 rings (SSSR count). The minimum absolute atomic E-state index is 0.0976. The Kier molecular flexibility index (Phi) is 7.93. The number of hydrogen-bond acceptors (Lipinski definition) is 3. The molecule has 2 amide bonds. The maximum atomic E-state index is 13.3. The zero-order chi connectivity index (χ0) is 21.7. The first-order valence-electron chi connectivity index (χ1n) is 11.8. The van der Waals surface area contributed by atoms with Crippen molar-refractivity contribution in [1.29, 1.82) is 0 Å². The molecule has 0 aromatic heterocycles. The van der Waals surface area contributed by atoms with E-state index in [0.29, 0.717) is 24.2 Å². The van der Waals surface area contributed by atoms with Gasteiger partial charge in [-0.1, -0.05) is 52.7 Å². The van der Waals surface area contributed by atoms with Crippen LogP contribution in [0.4, 0.5) is 5.69 Å². The number of carbonyl (C=O) groups is 2. The first kappa shape index (κ1) is 22.8. The van der Waals surface area contributed by atoms with E-state index in [0.717, 1.165) is 44.7 Å². The molecule has 1 aliphatic carbocycles. The second kappa shape index (κ2) is 10.4. The molecule has 1 N–H and O–H groups in total. The lowest BCUT2D eigenvalue weighted by molar-refractivity contribution is -0.135. The predicted octanol–water partition coefficient (Wildman–Crippen LogP) is 4.50. The van der Waals surface area contributed by atoms with Crippen molar-refractivity contribution >= 4 is 17.5 Å². The smallest absolute Gasteiger partial charge is 0.242 e. The third-order valence-corrected chi connectivity index (χ3v) is 6.60. The van der Waals surface area contributed by atoms with E-state index in [-0.39, 0.29) is 17.9 Å². The van der Waals surface area contributed by atoms with E-state index in [4.69, 9.17) is 0 Å². The molecule has 5 heteroatoms. The van der Waals surface area contributed by atoms with Gasteiger partial charge in [0.25, 0.3) is 0 Å². The number of piperazine rings is 1. The van der Waals surface area contributed by atoms with E-state index in [1.54, 1.807) is 0 Å². The van der Waals surface area contributed by atoms with E-state index in [2.05, 4.69) is 50.0 Å². The van der Waals surface area contributed by atoms with E-state index in [9.17, 15) is 9.59 Å². The van der Waals surface area contributed by atoms with E-state index < -0.39 is 0 Å². The molecule has 5 nitrogen and oxygen atoms in total. The zero-order valence-corrected chi connectivity index (χ0v) is 19.2. The van der Waals surface area contributed by atoms with Gasteiger partial charge in [0, 0.05) is 38.3 Å². The summed E-state index contributed by atoms with van der Waals surface area (Å²) in [5, 5.41) is 3.18. The standard InChI is InChI=1S/C25H39N3O2/c1-18(2)17-23(29)27-13-15-28(16-14-27)24(21-7-5-6-8-21)25(30)26-22-11-9-20(10-12-22)19(3)4/h9-12,18-19,21,24H,5-8,13-17H2,1-4H3,(H,26,30)/t24-/m1/s1. The molecule has 2 fully saturated rings. The SMILES string of the molecule is CC(C)CC(=O)N1CCN([C@@H](C(=O)Nc2ccc(C(C)C)cc2)C2CCCC2)CC1. The summed E-state index contributed by atoms with van der Waals surface area (Å²) < 4.78 is 0. The van der Waals surface area contributed by atoms with Crippen molar-refractivity contribution in [2.75, 3.05) is 31.5 Å². The van der Waals surface area contributed by atoms with Gasteiger partial charge in [0.15, 0.2) is 0 Å². The molecule has 166 valence electrons. The van der Waals surface area contributed by atoms with Crippen LogP contribution in [0.2, 0.25) is 0 Å². The first-order valence-corrected chi connectivity index (χ1v) is 11.8. The van der Waals surface area contributed by atoms with Gasteiger partial charge < -0.3 is 10.2 Å². The number of benzene rings is 1. The Bertz CT molecular complexity index is 700. The third-order valence-electron chi connectivity index (χ3n) is 6.60. The van der Waals surface area contributed by atoms with Crippen LogP contribution in [0.25, 0.3) is 0 Å². The fourth-order valence-corrected chi connectivity index (χ4v) is 4.85. The lowest BCUT2D eigenvalue weighted by Gasteiger charge is -2.41. The van der Waals surface area contributed by atoms with Crippen LogP contribution in [-0.2, 0) is 9.59 Å². The summed E-state index contributed by atoms with van der Waals surface area (Å²) in [5.74, 6) is 1.64. The predicted molar refractivity (Wildman–Crippen MR) is 123 cm³/mol. The number of amides is 2. The third kappa shape index (κ3) is 5.84. The van der Waals surface area contributed by atoms with Crippen LogP contribution in [-0.4, -0.2) is 53.8 Å². The second-order valence-electron chi connectivity index (χ2n) is 9.77. The highest BCUT2D eigenvalue weighted by Crippen LogP contribution is 2.32. The fraction of sp³-hybridized carbons (Fsp3) is 0.680. The zero-order valence-electron chi connectivity index (χ0n) is 19.2. The van der Waals surface area contributed by atoms with Crippen molar-refractivity contribution in [2.24, 2.45) is 11.8 Å². The monoisotopic (exact) mass is 413 g/mol. The number of hydrogen-bond donors (Lipinski definition) is 1. The molecule has 0 unspecified atom stereocenters. The van der Waals surface area contributed by atoms with Crippen molar-refractivity contribution < 1.29 is 9.59 Å². The van der Waals surface area contributed by atoms with Crippen LogP contribution in [0.15, 0.2) is 24.3 Å². The van der Waals surface area contributed by atoms with Crippen molar-refractivity contribution in [3.05, 3.63) is 29.8 Å². The van der Waals surface area contributed by atoms with Crippen LogP contribution in [0.5, 0.6) is 0 Å². The molecule has 0 bridgehead atoms. The Morgan fingerprint density at radius 3 is 2.10 bits per heavy atom. The van der Waals surface area contributed by atoms with Gasteiger partial charge in [-0.2, -0.15) is 0 Å². The first-order chi connectivity index (χ1) is 14.3. The summed E-state index contributed by atoms with van der Waals surface area (Å²) in [6, 6.07) is 8.14. The topological polar surface area (TPSA) is 52.7 Å². The van der Waals surface area contributed by atoms with Gasteiger partial charge in [0.2, 0.25) is 11.8 Å². The summed E-state index contributed by atoms with van der Waals surface area (Å²) in [6.07, 6.45) is 5.28. The molecule has 1 aromatic carbocycles. The average molecular weight is 414 g/mol. The van der Waals surface area contributed by atoms with Gasteiger partial charge >= 0.3 is 0 Å². The Morgan fingerprint density at radius 2 is 1.57 bits per heavy atom. The van der Waals surface area contributed by atoms with Crippen molar-refractivity contribution in [3.63, 3.8) is 0 Å². The van der Waals surface area contributed by atoms with E-state index in [1.165, 1.54) is 18.4 Å². The van der Waals surface area contributed by atoms with Crippen molar-refractivity contribution in [2.45, 2.75) is 71.8 Å². The highest BCUT2D eigenvalue weighted by molar-refractivity contribution is 5.95. The van der Waals surface area contributed by atoms with Gasteiger partial charge in [-0.15, -0.1) is 0 Å². The van der Waals surface area contributed by atoms with Gasteiger partial charge in [-0.05, 0) is 48.3 Å². The number of nitrogens with zero attached hydrogens (tertiary/aromatic N) is 2. The normalized spacial score (nSPS) is 19.5. The van der Waals surface area contributed by atoms with Crippen LogP contribution >= 0.6 is 0 Å². The Morgan fingerprint density at radius 1 is 0.967 bits per heavy atom. The molecule has 1 atom stereocenters. The van der Waals surface area contributed by atoms with Gasteiger partial charge in [0.05, 0.1) is 6.04 Å².